The zero-order chi connectivity index (χ0) is 12.7. The van der Waals surface area contributed by atoms with Gasteiger partial charge in [0.1, 0.15) is 0 Å². The Labute approximate surface area is 106 Å². The van der Waals surface area contributed by atoms with Gasteiger partial charge in [-0.05, 0) is 24.7 Å². The molecule has 0 aliphatic carbocycles. The first-order chi connectivity index (χ1) is 8.09. The normalized spacial score (nSPS) is 24.9. The Bertz CT molecular complexity index is 298. The maximum absolute atomic E-state index is 11.4. The summed E-state index contributed by atoms with van der Waals surface area (Å²) in [7, 11) is -2.80. The van der Waals surface area contributed by atoms with E-state index in [1.165, 1.54) is 25.7 Å². The first-order valence-corrected chi connectivity index (χ1v) is 8.72. The summed E-state index contributed by atoms with van der Waals surface area (Å²) in [6.45, 7) is 2.34. The Kier molecular flexibility index (Phi) is 6.49. The Morgan fingerprint density at radius 3 is 2.47 bits per heavy atom. The van der Waals surface area contributed by atoms with Crippen LogP contribution in [0.25, 0.3) is 0 Å². The van der Waals surface area contributed by atoms with Crippen LogP contribution in [0.3, 0.4) is 0 Å². The van der Waals surface area contributed by atoms with E-state index in [2.05, 4.69) is 6.92 Å². The van der Waals surface area contributed by atoms with Gasteiger partial charge in [-0.25, -0.2) is 8.42 Å². The third-order valence-electron chi connectivity index (χ3n) is 3.85. The van der Waals surface area contributed by atoms with Crippen LogP contribution in [-0.2, 0) is 9.84 Å². The highest BCUT2D eigenvalue weighted by Crippen LogP contribution is 2.29. The highest BCUT2D eigenvalue weighted by molar-refractivity contribution is 7.91. The number of hydrogen-bond acceptors (Lipinski definition) is 3. The average molecular weight is 262 g/mol. The second-order valence-electron chi connectivity index (χ2n) is 5.31. The van der Waals surface area contributed by atoms with Gasteiger partial charge in [0.15, 0.2) is 9.84 Å². The van der Waals surface area contributed by atoms with E-state index < -0.39 is 9.84 Å². The SMILES string of the molecule is CCCCCCCC(CO)C1CCS(=O)(=O)C1. The van der Waals surface area contributed by atoms with Crippen LogP contribution in [0.1, 0.15) is 51.9 Å². The maximum atomic E-state index is 11.4. The van der Waals surface area contributed by atoms with Gasteiger partial charge in [-0.3, -0.25) is 0 Å². The number of rotatable bonds is 8. The molecule has 1 rings (SSSR count). The molecule has 0 aromatic carbocycles. The van der Waals surface area contributed by atoms with Gasteiger partial charge in [-0.2, -0.15) is 0 Å². The third-order valence-corrected chi connectivity index (χ3v) is 5.64. The average Bonchev–Trinajstić information content (AvgIpc) is 2.64. The Hall–Kier alpha value is -0.0900. The standard InChI is InChI=1S/C13H26O3S/c1-2-3-4-5-6-7-12(10-14)13-8-9-17(15,16)11-13/h12-14H,2-11H2,1H3. The van der Waals surface area contributed by atoms with Crippen LogP contribution in [0.4, 0.5) is 0 Å². The fraction of sp³-hybridized carbons (Fsp3) is 1.00. The molecule has 0 aromatic heterocycles. The van der Waals surface area contributed by atoms with Gasteiger partial charge in [0.05, 0.1) is 11.5 Å². The fourth-order valence-electron chi connectivity index (χ4n) is 2.68. The quantitative estimate of drug-likeness (QED) is 0.683. The molecule has 0 radical (unpaired) electrons. The van der Waals surface area contributed by atoms with Gasteiger partial charge in [-0.1, -0.05) is 39.0 Å². The number of aliphatic hydroxyl groups is 1. The van der Waals surface area contributed by atoms with Crippen molar-refractivity contribution in [1.29, 1.82) is 0 Å². The van der Waals surface area contributed by atoms with E-state index in [4.69, 9.17) is 0 Å². The van der Waals surface area contributed by atoms with E-state index in [0.717, 1.165) is 19.3 Å². The maximum Gasteiger partial charge on any atom is 0.150 e. The van der Waals surface area contributed by atoms with Gasteiger partial charge in [-0.15, -0.1) is 0 Å². The van der Waals surface area contributed by atoms with Gasteiger partial charge in [0.2, 0.25) is 0 Å². The number of sulfone groups is 1. The van der Waals surface area contributed by atoms with E-state index in [9.17, 15) is 13.5 Å². The van der Waals surface area contributed by atoms with Crippen LogP contribution >= 0.6 is 0 Å². The lowest BCUT2D eigenvalue weighted by molar-refractivity contribution is 0.173. The molecule has 17 heavy (non-hydrogen) atoms. The molecule has 0 bridgehead atoms. The van der Waals surface area contributed by atoms with Crippen LogP contribution in [0.5, 0.6) is 0 Å². The van der Waals surface area contributed by atoms with Crippen molar-refractivity contribution in [2.45, 2.75) is 51.9 Å². The summed E-state index contributed by atoms with van der Waals surface area (Å²) >= 11 is 0. The van der Waals surface area contributed by atoms with Gasteiger partial charge < -0.3 is 5.11 Å². The molecule has 1 heterocycles. The van der Waals surface area contributed by atoms with Crippen molar-refractivity contribution in [3.63, 3.8) is 0 Å². The van der Waals surface area contributed by atoms with E-state index in [1.807, 2.05) is 0 Å². The summed E-state index contributed by atoms with van der Waals surface area (Å²) in [5, 5.41) is 9.36. The first-order valence-electron chi connectivity index (χ1n) is 6.90. The molecule has 0 aromatic rings. The molecule has 1 N–H and O–H groups in total. The van der Waals surface area contributed by atoms with Crippen LogP contribution in [0, 0.1) is 11.8 Å². The molecule has 2 atom stereocenters. The molecule has 0 spiro atoms. The molecule has 1 aliphatic rings. The van der Waals surface area contributed by atoms with Crippen molar-refractivity contribution >= 4 is 9.84 Å². The van der Waals surface area contributed by atoms with Gasteiger partial charge in [0.25, 0.3) is 0 Å². The zero-order valence-electron chi connectivity index (χ0n) is 10.9. The molecule has 1 saturated heterocycles. The van der Waals surface area contributed by atoms with Gasteiger partial charge in [0, 0.05) is 6.61 Å². The molecule has 2 unspecified atom stereocenters. The zero-order valence-corrected chi connectivity index (χ0v) is 11.7. The minimum Gasteiger partial charge on any atom is -0.396 e. The molecule has 102 valence electrons. The van der Waals surface area contributed by atoms with Crippen molar-refractivity contribution in [2.24, 2.45) is 11.8 Å². The van der Waals surface area contributed by atoms with E-state index in [0.29, 0.717) is 11.5 Å². The monoisotopic (exact) mass is 262 g/mol. The van der Waals surface area contributed by atoms with Crippen molar-refractivity contribution in [1.82, 2.24) is 0 Å². The lowest BCUT2D eigenvalue weighted by atomic mass is 9.88. The van der Waals surface area contributed by atoms with Crippen LogP contribution in [0.2, 0.25) is 0 Å². The highest BCUT2D eigenvalue weighted by Gasteiger charge is 2.32. The van der Waals surface area contributed by atoms with E-state index in [-0.39, 0.29) is 18.4 Å². The smallest absolute Gasteiger partial charge is 0.150 e. The van der Waals surface area contributed by atoms with Crippen LogP contribution in [-0.4, -0.2) is 31.6 Å². The lowest BCUT2D eigenvalue weighted by Crippen LogP contribution is -2.20. The first kappa shape index (κ1) is 15.0. The largest absolute Gasteiger partial charge is 0.396 e. The second kappa shape index (κ2) is 7.37. The molecule has 1 fully saturated rings. The number of hydrogen-bond donors (Lipinski definition) is 1. The van der Waals surface area contributed by atoms with E-state index in [1.54, 1.807) is 0 Å². The Balaban J connectivity index is 2.24. The summed E-state index contributed by atoms with van der Waals surface area (Å²) < 4.78 is 22.8. The molecule has 3 nitrogen and oxygen atoms in total. The summed E-state index contributed by atoms with van der Waals surface area (Å²) in [4.78, 5) is 0. The molecule has 4 heteroatoms. The minimum absolute atomic E-state index is 0.147. The van der Waals surface area contributed by atoms with Gasteiger partial charge >= 0.3 is 0 Å². The predicted octanol–water partition coefficient (Wildman–Crippen LogP) is 2.39. The van der Waals surface area contributed by atoms with Crippen LogP contribution < -0.4 is 0 Å². The Morgan fingerprint density at radius 1 is 1.24 bits per heavy atom. The Morgan fingerprint density at radius 2 is 1.94 bits per heavy atom. The molecular formula is C13H26O3S. The third kappa shape index (κ3) is 5.38. The van der Waals surface area contributed by atoms with E-state index >= 15 is 0 Å². The molecule has 0 saturated carbocycles. The fourth-order valence-corrected chi connectivity index (χ4v) is 4.60. The summed E-state index contributed by atoms with van der Waals surface area (Å²) in [6.07, 6.45) is 7.86. The van der Waals surface area contributed by atoms with Crippen molar-refractivity contribution in [3.8, 4) is 0 Å². The summed E-state index contributed by atoms with van der Waals surface area (Å²) in [5.74, 6) is 1.03. The van der Waals surface area contributed by atoms with Crippen LogP contribution in [0.15, 0.2) is 0 Å². The number of aliphatic hydroxyl groups excluding tert-OH is 1. The lowest BCUT2D eigenvalue weighted by Gasteiger charge is -2.19. The molecule has 1 aliphatic heterocycles. The van der Waals surface area contributed by atoms with Crippen molar-refractivity contribution in [2.75, 3.05) is 18.1 Å². The summed E-state index contributed by atoms with van der Waals surface area (Å²) in [5.41, 5.74) is 0. The summed E-state index contributed by atoms with van der Waals surface area (Å²) in [6, 6.07) is 0. The molecule has 0 amide bonds. The molecular weight excluding hydrogens is 236 g/mol. The highest BCUT2D eigenvalue weighted by atomic mass is 32.2. The number of unbranched alkanes of at least 4 members (excludes halogenated alkanes) is 4. The topological polar surface area (TPSA) is 54.4 Å². The predicted molar refractivity (Wildman–Crippen MR) is 70.7 cm³/mol. The second-order valence-corrected chi connectivity index (χ2v) is 7.54. The minimum atomic E-state index is -2.80. The van der Waals surface area contributed by atoms with Crippen molar-refractivity contribution in [3.05, 3.63) is 0 Å². The van der Waals surface area contributed by atoms with Crippen molar-refractivity contribution < 1.29 is 13.5 Å².